The van der Waals surface area contributed by atoms with Gasteiger partial charge in [-0.05, 0) is 90.6 Å². The highest BCUT2D eigenvalue weighted by atomic mass is 16.3. The molecule has 0 spiro atoms. The molecule has 1 aliphatic carbocycles. The third kappa shape index (κ3) is 4.85. The van der Waals surface area contributed by atoms with Crippen molar-refractivity contribution in [1.29, 1.82) is 0 Å². The number of aromatic nitrogens is 3. The molecule has 2 heterocycles. The summed E-state index contributed by atoms with van der Waals surface area (Å²) in [5.74, 6) is 1.90. The SMILES string of the molecule is CC1(C)c2ccccc2-c2cc(-c3nc(-c4cccc(-c5ccccc5)c4)nc(-c4ccc5c(c4)c4ccccc4c4ccc6c7ccccc7oc6c45)n3)ccc21. The molecule has 272 valence electrons. The molecule has 2 aromatic heterocycles. The van der Waals surface area contributed by atoms with Crippen LogP contribution in [-0.2, 0) is 5.41 Å². The molecule has 58 heavy (non-hydrogen) atoms. The highest BCUT2D eigenvalue weighted by Crippen LogP contribution is 2.49. The van der Waals surface area contributed by atoms with E-state index < -0.39 is 0 Å². The molecule has 0 amide bonds. The average Bonchev–Trinajstić information content (AvgIpc) is 3.78. The molecule has 4 nitrogen and oxygen atoms in total. The lowest BCUT2D eigenvalue weighted by Gasteiger charge is -2.21. The first-order valence-electron chi connectivity index (χ1n) is 19.9. The van der Waals surface area contributed by atoms with E-state index in [2.05, 4.69) is 178 Å². The van der Waals surface area contributed by atoms with Crippen molar-refractivity contribution in [2.45, 2.75) is 19.3 Å². The molecule has 0 fully saturated rings. The number of hydrogen-bond donors (Lipinski definition) is 0. The predicted octanol–water partition coefficient (Wildman–Crippen LogP) is 14.2. The second-order valence-corrected chi connectivity index (χ2v) is 16.0. The Kier molecular flexibility index (Phi) is 6.94. The highest BCUT2D eigenvalue weighted by Gasteiger charge is 2.35. The summed E-state index contributed by atoms with van der Waals surface area (Å²) in [6, 6.07) is 62.4. The fourth-order valence-corrected chi connectivity index (χ4v) is 9.45. The number of hydrogen-bond acceptors (Lipinski definition) is 4. The molecule has 0 radical (unpaired) electrons. The molecule has 0 unspecified atom stereocenters. The third-order valence-electron chi connectivity index (χ3n) is 12.3. The lowest BCUT2D eigenvalue weighted by atomic mass is 9.82. The summed E-state index contributed by atoms with van der Waals surface area (Å²) in [7, 11) is 0. The maximum absolute atomic E-state index is 6.64. The Balaban J connectivity index is 1.10. The van der Waals surface area contributed by atoms with Crippen LogP contribution < -0.4 is 0 Å². The van der Waals surface area contributed by atoms with Gasteiger partial charge in [-0.15, -0.1) is 0 Å². The molecule has 0 atom stereocenters. The summed E-state index contributed by atoms with van der Waals surface area (Å²) < 4.78 is 6.64. The van der Waals surface area contributed by atoms with Crippen LogP contribution >= 0.6 is 0 Å². The van der Waals surface area contributed by atoms with Gasteiger partial charge in [-0.1, -0.05) is 159 Å². The number of fused-ring (bicyclic) bond motifs is 13. The van der Waals surface area contributed by atoms with E-state index in [1.807, 2.05) is 12.1 Å². The molecule has 0 saturated heterocycles. The van der Waals surface area contributed by atoms with Crippen molar-refractivity contribution in [2.75, 3.05) is 0 Å². The fourth-order valence-electron chi connectivity index (χ4n) is 9.45. The van der Waals surface area contributed by atoms with Crippen LogP contribution in [0.1, 0.15) is 25.0 Å². The van der Waals surface area contributed by atoms with Crippen molar-refractivity contribution in [3.8, 4) is 56.4 Å². The van der Waals surface area contributed by atoms with Gasteiger partial charge in [0.15, 0.2) is 17.5 Å². The number of rotatable bonds is 4. The molecule has 0 bridgehead atoms. The van der Waals surface area contributed by atoms with Gasteiger partial charge in [0.1, 0.15) is 11.2 Å². The Morgan fingerprint density at radius 2 is 0.914 bits per heavy atom. The first kappa shape index (κ1) is 32.8. The molecule has 9 aromatic carbocycles. The Morgan fingerprint density at radius 1 is 0.362 bits per heavy atom. The quantitative estimate of drug-likeness (QED) is 0.169. The van der Waals surface area contributed by atoms with Crippen LogP contribution in [0.4, 0.5) is 0 Å². The van der Waals surface area contributed by atoms with Crippen molar-refractivity contribution in [3.63, 3.8) is 0 Å². The summed E-state index contributed by atoms with van der Waals surface area (Å²) in [6.07, 6.45) is 0. The molecule has 4 heteroatoms. The molecular formula is C54H35N3O. The van der Waals surface area contributed by atoms with Gasteiger partial charge in [-0.25, -0.2) is 15.0 Å². The average molecular weight is 742 g/mol. The molecule has 1 aliphatic rings. The number of nitrogens with zero attached hydrogens (tertiary/aromatic N) is 3. The van der Waals surface area contributed by atoms with E-state index in [1.54, 1.807) is 0 Å². The molecule has 0 N–H and O–H groups in total. The zero-order valence-electron chi connectivity index (χ0n) is 32.0. The molecular weight excluding hydrogens is 707 g/mol. The van der Waals surface area contributed by atoms with Crippen LogP contribution in [-0.4, -0.2) is 15.0 Å². The van der Waals surface area contributed by atoms with Crippen LogP contribution in [0, 0.1) is 0 Å². The minimum atomic E-state index is -0.0935. The van der Waals surface area contributed by atoms with E-state index in [4.69, 9.17) is 19.4 Å². The smallest absolute Gasteiger partial charge is 0.164 e. The molecule has 0 saturated carbocycles. The molecule has 11 aromatic rings. The maximum Gasteiger partial charge on any atom is 0.164 e. The largest absolute Gasteiger partial charge is 0.455 e. The summed E-state index contributed by atoms with van der Waals surface area (Å²) in [5.41, 5.74) is 11.9. The lowest BCUT2D eigenvalue weighted by molar-refractivity contribution is 0.660. The Bertz CT molecular complexity index is 3490. The van der Waals surface area contributed by atoms with Gasteiger partial charge in [0.2, 0.25) is 0 Å². The van der Waals surface area contributed by atoms with Gasteiger partial charge in [-0.2, -0.15) is 0 Å². The van der Waals surface area contributed by atoms with Crippen molar-refractivity contribution < 1.29 is 4.42 Å². The van der Waals surface area contributed by atoms with Crippen LogP contribution in [0.3, 0.4) is 0 Å². The summed E-state index contributed by atoms with van der Waals surface area (Å²) in [5, 5.41) is 9.14. The zero-order valence-corrected chi connectivity index (χ0v) is 32.0. The van der Waals surface area contributed by atoms with E-state index in [0.717, 1.165) is 65.9 Å². The van der Waals surface area contributed by atoms with Crippen molar-refractivity contribution in [1.82, 2.24) is 15.0 Å². The number of benzene rings is 9. The van der Waals surface area contributed by atoms with Crippen LogP contribution in [0.25, 0.3) is 111 Å². The fraction of sp³-hybridized carbons (Fsp3) is 0.0556. The van der Waals surface area contributed by atoms with E-state index in [1.165, 1.54) is 38.4 Å². The Morgan fingerprint density at radius 3 is 1.72 bits per heavy atom. The standard InChI is InChI=1S/C54H35N3O/c1-54(2)46-21-10-8-19-39(46)45-31-36(24-28-47(45)54)53-56-51(34-16-12-15-33(29-34)32-13-4-3-5-14-32)55-52(57-53)35-23-25-42-44(30-35)38-18-7-6-17-37(38)41-26-27-43-40-20-9-11-22-48(40)58-50(43)49(41)42/h3-31H,1-2H3. The van der Waals surface area contributed by atoms with Crippen LogP contribution in [0.2, 0.25) is 0 Å². The second kappa shape index (κ2) is 12.3. The Hall–Kier alpha value is -7.43. The van der Waals surface area contributed by atoms with Gasteiger partial charge in [-0.3, -0.25) is 0 Å². The monoisotopic (exact) mass is 741 g/mol. The molecule has 0 aliphatic heterocycles. The third-order valence-corrected chi connectivity index (χ3v) is 12.3. The van der Waals surface area contributed by atoms with Crippen molar-refractivity contribution in [3.05, 3.63) is 187 Å². The lowest BCUT2D eigenvalue weighted by Crippen LogP contribution is -2.14. The van der Waals surface area contributed by atoms with E-state index in [9.17, 15) is 0 Å². The normalized spacial score (nSPS) is 13.1. The first-order valence-corrected chi connectivity index (χ1v) is 19.9. The number of para-hydroxylation sites is 1. The maximum atomic E-state index is 6.64. The minimum Gasteiger partial charge on any atom is -0.455 e. The summed E-state index contributed by atoms with van der Waals surface area (Å²) in [6.45, 7) is 4.62. The van der Waals surface area contributed by atoms with Gasteiger partial charge in [0.25, 0.3) is 0 Å². The van der Waals surface area contributed by atoms with E-state index in [-0.39, 0.29) is 5.41 Å². The van der Waals surface area contributed by atoms with Crippen molar-refractivity contribution >= 4 is 54.3 Å². The highest BCUT2D eigenvalue weighted by molar-refractivity contribution is 6.32. The van der Waals surface area contributed by atoms with Gasteiger partial charge in [0, 0.05) is 38.3 Å². The first-order chi connectivity index (χ1) is 28.5. The van der Waals surface area contributed by atoms with Gasteiger partial charge in [0.05, 0.1) is 0 Å². The Labute approximate surface area is 335 Å². The van der Waals surface area contributed by atoms with Gasteiger partial charge >= 0.3 is 0 Å². The second-order valence-electron chi connectivity index (χ2n) is 16.0. The number of furan rings is 1. The zero-order chi connectivity index (χ0) is 38.5. The predicted molar refractivity (Wildman–Crippen MR) is 239 cm³/mol. The van der Waals surface area contributed by atoms with Crippen LogP contribution in [0.5, 0.6) is 0 Å². The van der Waals surface area contributed by atoms with Gasteiger partial charge < -0.3 is 4.42 Å². The molecule has 12 rings (SSSR count). The van der Waals surface area contributed by atoms with E-state index in [0.29, 0.717) is 17.5 Å². The summed E-state index contributed by atoms with van der Waals surface area (Å²) >= 11 is 0. The van der Waals surface area contributed by atoms with Crippen molar-refractivity contribution in [2.24, 2.45) is 0 Å². The topological polar surface area (TPSA) is 51.8 Å². The van der Waals surface area contributed by atoms with E-state index >= 15 is 0 Å². The minimum absolute atomic E-state index is 0.0935. The summed E-state index contributed by atoms with van der Waals surface area (Å²) in [4.78, 5) is 15.8. The van der Waals surface area contributed by atoms with Crippen LogP contribution in [0.15, 0.2) is 180 Å².